The van der Waals surface area contributed by atoms with Gasteiger partial charge in [0, 0.05) is 24.6 Å². The number of hydrogen-bond acceptors (Lipinski definition) is 8. The quantitative estimate of drug-likeness (QED) is 0.0629. The maximum absolute atomic E-state index is 8.74. The van der Waals surface area contributed by atoms with Crippen molar-refractivity contribution < 1.29 is 35.0 Å². The molecule has 0 unspecified atom stereocenters. The topological polar surface area (TPSA) is 275 Å². The third-order valence-electron chi connectivity index (χ3n) is 1.48. The summed E-state index contributed by atoms with van der Waals surface area (Å²) in [6.45, 7) is 1.46. The minimum Gasteiger partial charge on any atom is -0.370 e. The van der Waals surface area contributed by atoms with E-state index in [0.717, 1.165) is 30.9 Å². The predicted molar refractivity (Wildman–Crippen MR) is 103 cm³/mol. The van der Waals surface area contributed by atoms with E-state index < -0.39 is 20.8 Å². The molecule has 0 rings (SSSR count). The summed E-state index contributed by atoms with van der Waals surface area (Å²) < 4.78 is 63.2. The summed E-state index contributed by atoms with van der Waals surface area (Å²) in [5.41, 5.74) is 15.5. The Morgan fingerprint density at radius 2 is 1.31 bits per heavy atom. The first-order chi connectivity index (χ1) is 11.6. The SMILES string of the molecule is N=C(N)NCCCSSCCCN=C(N)N.O=S(=O)(O)O.O=S(=O)(O)O. The van der Waals surface area contributed by atoms with Crippen LogP contribution in [0.3, 0.4) is 0 Å². The second-order valence-corrected chi connectivity index (χ2v) is 8.39. The highest BCUT2D eigenvalue weighted by atomic mass is 33.1. The van der Waals surface area contributed by atoms with Gasteiger partial charge in [-0.3, -0.25) is 28.6 Å². The molecule has 0 aromatic heterocycles. The van der Waals surface area contributed by atoms with Gasteiger partial charge in [0.25, 0.3) is 0 Å². The highest BCUT2D eigenvalue weighted by Crippen LogP contribution is 2.22. The van der Waals surface area contributed by atoms with E-state index in [1.807, 2.05) is 21.6 Å². The molecule has 0 saturated heterocycles. The molecule has 0 amide bonds. The van der Waals surface area contributed by atoms with E-state index in [2.05, 4.69) is 10.3 Å². The summed E-state index contributed by atoms with van der Waals surface area (Å²) in [6, 6.07) is 0. The largest absolute Gasteiger partial charge is 0.394 e. The van der Waals surface area contributed by atoms with E-state index in [9.17, 15) is 0 Å². The molecular formula is C8H24N6O8S4. The van der Waals surface area contributed by atoms with Crippen LogP contribution >= 0.6 is 21.6 Å². The molecule has 26 heavy (non-hydrogen) atoms. The third kappa shape index (κ3) is 77.4. The summed E-state index contributed by atoms with van der Waals surface area (Å²) in [7, 11) is -5.70. The molecule has 0 aliphatic carbocycles. The molecule has 0 bridgehead atoms. The molecule has 0 aliphatic rings. The van der Waals surface area contributed by atoms with Gasteiger partial charge in [0.2, 0.25) is 0 Å². The van der Waals surface area contributed by atoms with Gasteiger partial charge in [-0.2, -0.15) is 16.8 Å². The molecule has 0 fully saturated rings. The summed E-state index contributed by atoms with van der Waals surface area (Å²) in [5, 5.41) is 9.71. The van der Waals surface area contributed by atoms with Gasteiger partial charge >= 0.3 is 20.8 Å². The Bertz CT molecular complexity index is 546. The Morgan fingerprint density at radius 3 is 1.65 bits per heavy atom. The predicted octanol–water partition coefficient (Wildman–Crippen LogP) is -1.40. The van der Waals surface area contributed by atoms with Gasteiger partial charge in [0.1, 0.15) is 0 Å². The maximum Gasteiger partial charge on any atom is 0.394 e. The van der Waals surface area contributed by atoms with E-state index in [4.69, 9.17) is 57.7 Å². The molecular weight excluding hydrogens is 436 g/mol. The molecule has 14 nitrogen and oxygen atoms in total. The van der Waals surface area contributed by atoms with Crippen LogP contribution in [0.1, 0.15) is 12.8 Å². The first-order valence-corrected chi connectivity index (χ1v) is 11.7. The van der Waals surface area contributed by atoms with Crippen molar-refractivity contribution in [2.75, 3.05) is 24.6 Å². The van der Waals surface area contributed by atoms with E-state index in [0.29, 0.717) is 6.54 Å². The highest BCUT2D eigenvalue weighted by molar-refractivity contribution is 8.76. The van der Waals surface area contributed by atoms with Crippen molar-refractivity contribution >= 4 is 54.3 Å². The van der Waals surface area contributed by atoms with Crippen molar-refractivity contribution in [3.05, 3.63) is 0 Å². The van der Waals surface area contributed by atoms with Crippen LogP contribution < -0.4 is 22.5 Å². The van der Waals surface area contributed by atoms with Crippen molar-refractivity contribution in [1.82, 2.24) is 5.32 Å². The zero-order valence-electron chi connectivity index (χ0n) is 13.5. The molecule has 12 N–H and O–H groups in total. The van der Waals surface area contributed by atoms with Gasteiger partial charge in [-0.25, -0.2) is 0 Å². The smallest absolute Gasteiger partial charge is 0.370 e. The van der Waals surface area contributed by atoms with Gasteiger partial charge in [-0.1, -0.05) is 21.6 Å². The summed E-state index contributed by atoms with van der Waals surface area (Å²) in [6.07, 6.45) is 1.99. The van der Waals surface area contributed by atoms with Crippen LogP contribution in [-0.4, -0.2) is 71.6 Å². The van der Waals surface area contributed by atoms with Crippen LogP contribution in [0.15, 0.2) is 4.99 Å². The van der Waals surface area contributed by atoms with Gasteiger partial charge in [-0.05, 0) is 12.8 Å². The van der Waals surface area contributed by atoms with Crippen LogP contribution in [-0.2, 0) is 20.8 Å². The average Bonchev–Trinajstić information content (AvgIpc) is 2.36. The minimum atomic E-state index is -4.67. The number of nitrogens with zero attached hydrogens (tertiary/aromatic N) is 1. The Morgan fingerprint density at radius 1 is 0.923 bits per heavy atom. The van der Waals surface area contributed by atoms with Crippen LogP contribution in [0.2, 0.25) is 0 Å². The van der Waals surface area contributed by atoms with Crippen molar-refractivity contribution in [3.63, 3.8) is 0 Å². The minimum absolute atomic E-state index is 0.0369. The average molecular weight is 461 g/mol. The van der Waals surface area contributed by atoms with Gasteiger partial charge in [0.05, 0.1) is 0 Å². The number of guanidine groups is 2. The van der Waals surface area contributed by atoms with Crippen molar-refractivity contribution in [2.45, 2.75) is 12.8 Å². The Kier molecular flexibility index (Phi) is 19.9. The fourth-order valence-electron chi connectivity index (χ4n) is 0.804. The molecule has 0 aliphatic heterocycles. The second-order valence-electron chi connectivity index (χ2n) is 3.89. The van der Waals surface area contributed by atoms with Gasteiger partial charge in [0.15, 0.2) is 11.9 Å². The number of rotatable bonds is 9. The van der Waals surface area contributed by atoms with E-state index in [1.54, 1.807) is 0 Å². The monoisotopic (exact) mass is 460 g/mol. The summed E-state index contributed by atoms with van der Waals surface area (Å²) >= 11 is 0. The number of aliphatic imine (C=N–C) groups is 1. The van der Waals surface area contributed by atoms with E-state index in [1.165, 1.54) is 0 Å². The molecule has 0 saturated carbocycles. The van der Waals surface area contributed by atoms with Crippen LogP contribution in [0.4, 0.5) is 0 Å². The van der Waals surface area contributed by atoms with Crippen molar-refractivity contribution in [3.8, 4) is 0 Å². The Labute approximate surface area is 159 Å². The van der Waals surface area contributed by atoms with Crippen LogP contribution in [0.5, 0.6) is 0 Å². The van der Waals surface area contributed by atoms with Crippen molar-refractivity contribution in [1.29, 1.82) is 5.41 Å². The van der Waals surface area contributed by atoms with Gasteiger partial charge < -0.3 is 22.5 Å². The second kappa shape index (κ2) is 17.4. The molecule has 0 heterocycles. The molecule has 0 atom stereocenters. The van der Waals surface area contributed by atoms with Crippen LogP contribution in [0, 0.1) is 5.41 Å². The maximum atomic E-state index is 8.74. The zero-order valence-corrected chi connectivity index (χ0v) is 16.7. The molecule has 158 valence electrons. The Balaban J connectivity index is -0.000000433. The Hall–Kier alpha value is -1.02. The molecule has 0 radical (unpaired) electrons. The highest BCUT2D eigenvalue weighted by Gasteiger charge is 1.92. The number of nitrogens with one attached hydrogen (secondary N) is 2. The lowest BCUT2D eigenvalue weighted by atomic mass is 10.5. The molecule has 18 heteroatoms. The first kappa shape index (κ1) is 29.7. The summed E-state index contributed by atoms with van der Waals surface area (Å²) in [4.78, 5) is 3.89. The summed E-state index contributed by atoms with van der Waals surface area (Å²) in [5.74, 6) is 2.29. The molecule has 0 aromatic carbocycles. The lowest BCUT2D eigenvalue weighted by Crippen LogP contribution is -2.31. The van der Waals surface area contributed by atoms with E-state index in [-0.39, 0.29) is 11.9 Å². The molecule has 0 aromatic rings. The van der Waals surface area contributed by atoms with Crippen LogP contribution in [0.25, 0.3) is 0 Å². The standard InChI is InChI=1S/C8H20N6S2.2H2O4S/c9-7(10)13-3-1-5-15-16-6-2-4-14-8(11)12;2*1-5(2,3)4/h1-6H2,(H4,9,10,13)(H4,11,12,14);2*(H2,1,2,3,4). The third-order valence-corrected chi connectivity index (χ3v) is 4.06. The normalized spacial score (nSPS) is 10.5. The van der Waals surface area contributed by atoms with E-state index >= 15 is 0 Å². The number of hydrogen-bond donors (Lipinski definition) is 9. The first-order valence-electron chi connectivity index (χ1n) is 6.40. The van der Waals surface area contributed by atoms with Crippen molar-refractivity contribution in [2.24, 2.45) is 22.2 Å². The lowest BCUT2D eigenvalue weighted by molar-refractivity contribution is 0.378. The molecule has 0 spiro atoms. The number of nitrogens with two attached hydrogens (primary N) is 3. The zero-order chi connectivity index (χ0) is 21.2. The fourth-order valence-corrected chi connectivity index (χ4v) is 2.96. The lowest BCUT2D eigenvalue weighted by Gasteiger charge is -2.02. The fraction of sp³-hybridized carbons (Fsp3) is 0.750. The van der Waals surface area contributed by atoms with Gasteiger partial charge in [-0.15, -0.1) is 0 Å².